The standard InChI is InChI=1S/C33H39ClF2N2O5S/c1-3-5-8-30(31(35)36)44(41,42)37-32(40)22-10-14-29-27(17-22)38(18-23-9-12-25(23)28(39)4-2)19-33(20-43-29)15-6-7-21-16-24(34)11-13-26(21)33/h3-4,10-11,13-14,16-17,23,25,28,30-31,39H,1-2,5-9,12,15,18-20H2,(H,37,40)/t23-,25+,28?,30?,33-/m0/s1. The number of nitrogens with zero attached hydrogens (tertiary/aromatic N) is 1. The van der Waals surface area contributed by atoms with Gasteiger partial charge in [0.15, 0.2) is 0 Å². The number of rotatable bonds is 11. The van der Waals surface area contributed by atoms with Crippen molar-refractivity contribution in [1.29, 1.82) is 0 Å². The van der Waals surface area contributed by atoms with Gasteiger partial charge in [0.2, 0.25) is 10.0 Å². The first-order valence-corrected chi connectivity index (χ1v) is 17.0. The van der Waals surface area contributed by atoms with Gasteiger partial charge < -0.3 is 14.7 Å². The molecule has 2 N–H and O–H groups in total. The van der Waals surface area contributed by atoms with Gasteiger partial charge in [-0.3, -0.25) is 4.79 Å². The maximum absolute atomic E-state index is 13.6. The molecule has 2 aromatic rings. The van der Waals surface area contributed by atoms with Crippen molar-refractivity contribution in [3.63, 3.8) is 0 Å². The second-order valence-corrected chi connectivity index (χ2v) is 14.6. The molecule has 11 heteroatoms. The number of benzene rings is 2. The number of alkyl halides is 2. The summed E-state index contributed by atoms with van der Waals surface area (Å²) in [5.41, 5.74) is 2.61. The van der Waals surface area contributed by atoms with Gasteiger partial charge in [0, 0.05) is 29.1 Å². The van der Waals surface area contributed by atoms with E-state index in [9.17, 15) is 27.1 Å². The molecule has 7 nitrogen and oxygen atoms in total. The lowest BCUT2D eigenvalue weighted by Crippen LogP contribution is -2.49. The van der Waals surface area contributed by atoms with E-state index in [2.05, 4.69) is 24.1 Å². The van der Waals surface area contributed by atoms with Gasteiger partial charge in [-0.25, -0.2) is 21.9 Å². The number of aliphatic hydroxyl groups is 1. The van der Waals surface area contributed by atoms with Crippen LogP contribution < -0.4 is 14.4 Å². The first kappa shape index (κ1) is 32.4. The summed E-state index contributed by atoms with van der Waals surface area (Å²) >= 11 is 6.35. The molecule has 44 heavy (non-hydrogen) atoms. The molecule has 0 bridgehead atoms. The topological polar surface area (TPSA) is 95.9 Å². The first-order valence-electron chi connectivity index (χ1n) is 15.0. The lowest BCUT2D eigenvalue weighted by Gasteiger charge is -2.45. The minimum atomic E-state index is -4.67. The van der Waals surface area contributed by atoms with Gasteiger partial charge in [-0.1, -0.05) is 29.8 Å². The van der Waals surface area contributed by atoms with Crippen LogP contribution in [0.25, 0.3) is 0 Å². The quantitative estimate of drug-likeness (QED) is 0.288. The predicted octanol–water partition coefficient (Wildman–Crippen LogP) is 6.05. The summed E-state index contributed by atoms with van der Waals surface area (Å²) in [6.07, 6.45) is 3.36. The number of hydrogen-bond acceptors (Lipinski definition) is 6. The van der Waals surface area contributed by atoms with E-state index in [1.54, 1.807) is 18.2 Å². The van der Waals surface area contributed by atoms with Crippen molar-refractivity contribution >= 4 is 33.2 Å². The van der Waals surface area contributed by atoms with Crippen molar-refractivity contribution < 1.29 is 31.8 Å². The Hall–Kier alpha value is -2.95. The molecular formula is C33H39ClF2N2O5S. The summed E-state index contributed by atoms with van der Waals surface area (Å²) in [6.45, 7) is 8.77. The normalized spacial score (nSPS) is 24.2. The fourth-order valence-electron chi connectivity index (χ4n) is 6.95. The lowest BCUT2D eigenvalue weighted by molar-refractivity contribution is 0.0460. The number of carbonyl (C=O) groups excluding carboxylic acids is 1. The number of carbonyl (C=O) groups is 1. The van der Waals surface area contributed by atoms with Crippen LogP contribution in [0, 0.1) is 11.8 Å². The molecule has 3 aliphatic rings. The molecule has 238 valence electrons. The predicted molar refractivity (Wildman–Crippen MR) is 168 cm³/mol. The fraction of sp³-hybridized carbons (Fsp3) is 0.485. The van der Waals surface area contributed by atoms with Crippen molar-refractivity contribution in [3.05, 3.63) is 83.4 Å². The molecule has 0 saturated heterocycles. The van der Waals surface area contributed by atoms with Crippen LogP contribution in [-0.2, 0) is 21.9 Å². The van der Waals surface area contributed by atoms with Crippen LogP contribution in [0.4, 0.5) is 14.5 Å². The summed E-state index contributed by atoms with van der Waals surface area (Å²) in [7, 11) is -4.67. The Labute approximate surface area is 263 Å². The third kappa shape index (κ3) is 6.53. The number of ether oxygens (including phenoxy) is 1. The molecule has 1 aliphatic heterocycles. The summed E-state index contributed by atoms with van der Waals surface area (Å²) < 4.78 is 61.2. The number of halogens is 3. The SMILES string of the molecule is C=CCCC(C(F)F)S(=O)(=O)NC(=O)c1ccc2c(c1)N(C[C@@H]1CC[C@H]1C(O)C=C)C[C@@]1(CCCc3cc(Cl)ccc31)CO2. The molecule has 2 unspecified atom stereocenters. The number of aryl methyl sites for hydroxylation is 1. The summed E-state index contributed by atoms with van der Waals surface area (Å²) in [4.78, 5) is 15.4. The van der Waals surface area contributed by atoms with E-state index in [0.717, 1.165) is 32.1 Å². The number of aliphatic hydroxyl groups excluding tert-OH is 1. The highest BCUT2D eigenvalue weighted by molar-refractivity contribution is 7.90. The Kier molecular flexibility index (Phi) is 9.72. The largest absolute Gasteiger partial charge is 0.490 e. The van der Waals surface area contributed by atoms with Crippen LogP contribution >= 0.6 is 11.6 Å². The van der Waals surface area contributed by atoms with Crippen LogP contribution in [0.5, 0.6) is 5.75 Å². The zero-order valence-electron chi connectivity index (χ0n) is 24.6. The monoisotopic (exact) mass is 648 g/mol. The van der Waals surface area contributed by atoms with Gasteiger partial charge in [-0.05, 0) is 98.2 Å². The van der Waals surface area contributed by atoms with Crippen LogP contribution in [-0.4, -0.2) is 56.9 Å². The van der Waals surface area contributed by atoms with Crippen LogP contribution in [0.2, 0.25) is 5.02 Å². The molecule has 1 fully saturated rings. The van der Waals surface area contributed by atoms with Gasteiger partial charge >= 0.3 is 0 Å². The van der Waals surface area contributed by atoms with Crippen molar-refractivity contribution in [2.75, 3.05) is 24.6 Å². The summed E-state index contributed by atoms with van der Waals surface area (Å²) in [6, 6.07) is 10.6. The van der Waals surface area contributed by atoms with E-state index < -0.39 is 33.7 Å². The minimum Gasteiger partial charge on any atom is -0.490 e. The Morgan fingerprint density at radius 3 is 2.70 bits per heavy atom. The highest BCUT2D eigenvalue weighted by atomic mass is 35.5. The second-order valence-electron chi connectivity index (χ2n) is 12.2. The average Bonchev–Trinajstić information content (AvgIpc) is 3.11. The van der Waals surface area contributed by atoms with Gasteiger partial charge in [-0.15, -0.1) is 13.2 Å². The van der Waals surface area contributed by atoms with E-state index in [1.807, 2.05) is 16.9 Å². The first-order chi connectivity index (χ1) is 21.0. The third-order valence-electron chi connectivity index (χ3n) is 9.48. The molecule has 1 heterocycles. The molecule has 1 spiro atoms. The Bertz CT molecular complexity index is 1520. The maximum atomic E-state index is 13.6. The van der Waals surface area contributed by atoms with Crippen molar-refractivity contribution in [3.8, 4) is 5.75 Å². The van der Waals surface area contributed by atoms with Gasteiger partial charge in [0.1, 0.15) is 11.0 Å². The minimum absolute atomic E-state index is 0.0146. The Morgan fingerprint density at radius 1 is 1.23 bits per heavy atom. The van der Waals surface area contributed by atoms with Crippen LogP contribution in [0.15, 0.2) is 61.7 Å². The third-order valence-corrected chi connectivity index (χ3v) is 11.4. The van der Waals surface area contributed by atoms with Gasteiger partial charge in [-0.2, -0.15) is 0 Å². The number of anilines is 1. The van der Waals surface area contributed by atoms with E-state index >= 15 is 0 Å². The molecule has 2 aliphatic carbocycles. The second kappa shape index (κ2) is 13.2. The number of allylic oxidation sites excluding steroid dienone is 1. The lowest BCUT2D eigenvalue weighted by atomic mass is 9.68. The zero-order valence-corrected chi connectivity index (χ0v) is 26.1. The smallest absolute Gasteiger partial charge is 0.264 e. The van der Waals surface area contributed by atoms with Gasteiger partial charge in [0.25, 0.3) is 12.3 Å². The number of amides is 1. The van der Waals surface area contributed by atoms with E-state index in [0.29, 0.717) is 36.2 Å². The van der Waals surface area contributed by atoms with E-state index in [1.165, 1.54) is 23.3 Å². The number of sulfonamides is 1. The molecule has 2 aromatic carbocycles. The maximum Gasteiger partial charge on any atom is 0.264 e. The van der Waals surface area contributed by atoms with E-state index in [4.69, 9.17) is 16.3 Å². The van der Waals surface area contributed by atoms with Crippen LogP contribution in [0.3, 0.4) is 0 Å². The highest BCUT2D eigenvalue weighted by Crippen LogP contribution is 2.46. The van der Waals surface area contributed by atoms with Gasteiger partial charge in [0.05, 0.1) is 18.4 Å². The average molecular weight is 649 g/mol. The summed E-state index contributed by atoms with van der Waals surface area (Å²) in [5.74, 6) is -0.239. The molecule has 0 aromatic heterocycles. The molecule has 5 atom stereocenters. The number of nitrogens with one attached hydrogen (secondary N) is 1. The highest BCUT2D eigenvalue weighted by Gasteiger charge is 2.44. The number of hydrogen-bond donors (Lipinski definition) is 2. The fourth-order valence-corrected chi connectivity index (χ4v) is 8.39. The number of fused-ring (bicyclic) bond motifs is 3. The summed E-state index contributed by atoms with van der Waals surface area (Å²) in [5, 5.41) is 9.18. The molecule has 1 saturated carbocycles. The van der Waals surface area contributed by atoms with Crippen LogP contribution in [0.1, 0.15) is 60.0 Å². The van der Waals surface area contributed by atoms with Crippen molar-refractivity contribution in [2.45, 2.75) is 68.1 Å². The molecule has 0 radical (unpaired) electrons. The molecular weight excluding hydrogens is 610 g/mol. The Balaban J connectivity index is 1.49. The van der Waals surface area contributed by atoms with E-state index in [-0.39, 0.29) is 35.7 Å². The zero-order chi connectivity index (χ0) is 31.6. The van der Waals surface area contributed by atoms with Crippen molar-refractivity contribution in [2.24, 2.45) is 11.8 Å². The molecule has 1 amide bonds. The Morgan fingerprint density at radius 2 is 2.02 bits per heavy atom. The van der Waals surface area contributed by atoms with Crippen molar-refractivity contribution in [1.82, 2.24) is 4.72 Å². The molecule has 5 rings (SSSR count).